The lowest BCUT2D eigenvalue weighted by Crippen LogP contribution is -2.40. The van der Waals surface area contributed by atoms with Crippen molar-refractivity contribution in [3.63, 3.8) is 0 Å². The summed E-state index contributed by atoms with van der Waals surface area (Å²) in [6.45, 7) is 3.43. The van der Waals surface area contributed by atoms with Crippen LogP contribution in [0.2, 0.25) is 0 Å². The molecular weight excluding hydrogens is 236 g/mol. The number of nitrogens with one attached hydrogen (secondary N) is 1. The Morgan fingerprint density at radius 1 is 1.50 bits per heavy atom. The molecule has 0 radical (unpaired) electrons. The maximum atomic E-state index is 11.8. The van der Waals surface area contributed by atoms with Crippen molar-refractivity contribution in [3.05, 3.63) is 39.9 Å². The standard InChI is InChI=1S/C12H16N2O4/c1-3-12(2,16)8-13-11(15)9-6-4-5-7-10(9)14(17)18/h4-7,16H,3,8H2,1-2H3,(H,13,15). The number of benzene rings is 1. The number of para-hydroxylation sites is 1. The van der Waals surface area contributed by atoms with E-state index < -0.39 is 16.4 Å². The molecule has 1 unspecified atom stereocenters. The molecule has 6 nitrogen and oxygen atoms in total. The molecule has 1 aromatic carbocycles. The number of rotatable bonds is 5. The Kier molecular flexibility index (Phi) is 4.38. The quantitative estimate of drug-likeness (QED) is 0.613. The zero-order valence-corrected chi connectivity index (χ0v) is 10.3. The SMILES string of the molecule is CCC(C)(O)CNC(=O)c1ccccc1[N+](=O)[O-]. The fraction of sp³-hybridized carbons (Fsp3) is 0.417. The first-order valence-electron chi connectivity index (χ1n) is 5.61. The molecule has 18 heavy (non-hydrogen) atoms. The molecule has 0 heterocycles. The third-order valence-electron chi connectivity index (χ3n) is 2.74. The van der Waals surface area contributed by atoms with E-state index in [-0.39, 0.29) is 17.8 Å². The maximum Gasteiger partial charge on any atom is 0.282 e. The Labute approximate surface area is 105 Å². The highest BCUT2D eigenvalue weighted by Gasteiger charge is 2.22. The summed E-state index contributed by atoms with van der Waals surface area (Å²) in [6.07, 6.45) is 0.476. The van der Waals surface area contributed by atoms with Crippen LogP contribution in [-0.2, 0) is 0 Å². The van der Waals surface area contributed by atoms with Gasteiger partial charge in [0.1, 0.15) is 5.56 Å². The van der Waals surface area contributed by atoms with Crippen LogP contribution in [0.4, 0.5) is 5.69 Å². The number of carbonyl (C=O) groups excluding carboxylic acids is 1. The van der Waals surface area contributed by atoms with Crippen LogP contribution in [0.5, 0.6) is 0 Å². The Balaban J connectivity index is 2.82. The molecule has 1 atom stereocenters. The van der Waals surface area contributed by atoms with E-state index in [9.17, 15) is 20.0 Å². The summed E-state index contributed by atoms with van der Waals surface area (Å²) >= 11 is 0. The van der Waals surface area contributed by atoms with Gasteiger partial charge in [0.2, 0.25) is 0 Å². The topological polar surface area (TPSA) is 92.5 Å². The number of carbonyl (C=O) groups is 1. The molecule has 0 aliphatic rings. The second-order valence-electron chi connectivity index (χ2n) is 4.31. The molecule has 98 valence electrons. The minimum atomic E-state index is -1.01. The van der Waals surface area contributed by atoms with E-state index in [0.717, 1.165) is 0 Å². The smallest absolute Gasteiger partial charge is 0.282 e. The van der Waals surface area contributed by atoms with E-state index in [1.165, 1.54) is 18.2 Å². The highest BCUT2D eigenvalue weighted by Crippen LogP contribution is 2.17. The molecule has 6 heteroatoms. The number of hydrogen-bond acceptors (Lipinski definition) is 4. The average Bonchev–Trinajstić information content (AvgIpc) is 2.36. The molecule has 0 fully saturated rings. The van der Waals surface area contributed by atoms with Crippen molar-refractivity contribution in [1.82, 2.24) is 5.32 Å². The molecule has 0 saturated heterocycles. The first-order chi connectivity index (χ1) is 8.37. The highest BCUT2D eigenvalue weighted by molar-refractivity contribution is 5.98. The van der Waals surface area contributed by atoms with Crippen LogP contribution in [0.3, 0.4) is 0 Å². The molecule has 1 aromatic rings. The Bertz CT molecular complexity index is 457. The van der Waals surface area contributed by atoms with Gasteiger partial charge in [0.15, 0.2) is 0 Å². The second-order valence-corrected chi connectivity index (χ2v) is 4.31. The molecule has 0 bridgehead atoms. The predicted octanol–water partition coefficient (Wildman–Crippen LogP) is 1.49. The molecule has 0 aliphatic carbocycles. The summed E-state index contributed by atoms with van der Waals surface area (Å²) in [7, 11) is 0. The van der Waals surface area contributed by atoms with Gasteiger partial charge in [0, 0.05) is 12.6 Å². The largest absolute Gasteiger partial charge is 0.388 e. The lowest BCUT2D eigenvalue weighted by Gasteiger charge is -2.21. The third-order valence-corrected chi connectivity index (χ3v) is 2.74. The minimum Gasteiger partial charge on any atom is -0.388 e. The van der Waals surface area contributed by atoms with E-state index in [4.69, 9.17) is 0 Å². The first-order valence-corrected chi connectivity index (χ1v) is 5.61. The summed E-state index contributed by atoms with van der Waals surface area (Å²) < 4.78 is 0. The van der Waals surface area contributed by atoms with Gasteiger partial charge in [-0.15, -0.1) is 0 Å². The molecule has 0 aliphatic heterocycles. The van der Waals surface area contributed by atoms with Crippen LogP contribution in [0.25, 0.3) is 0 Å². The summed E-state index contributed by atoms with van der Waals surface area (Å²) in [5.74, 6) is -0.559. The minimum absolute atomic E-state index is 0.00518. The summed E-state index contributed by atoms with van der Waals surface area (Å²) in [5.41, 5.74) is -1.26. The van der Waals surface area contributed by atoms with Crippen molar-refractivity contribution in [2.24, 2.45) is 0 Å². The molecule has 0 spiro atoms. The van der Waals surface area contributed by atoms with Crippen molar-refractivity contribution in [3.8, 4) is 0 Å². The van der Waals surface area contributed by atoms with Crippen molar-refractivity contribution in [2.45, 2.75) is 25.9 Å². The van der Waals surface area contributed by atoms with Crippen LogP contribution >= 0.6 is 0 Å². The average molecular weight is 252 g/mol. The Morgan fingerprint density at radius 2 is 2.11 bits per heavy atom. The Hall–Kier alpha value is -1.95. The van der Waals surface area contributed by atoms with Crippen LogP contribution in [0.15, 0.2) is 24.3 Å². The highest BCUT2D eigenvalue weighted by atomic mass is 16.6. The monoisotopic (exact) mass is 252 g/mol. The zero-order chi connectivity index (χ0) is 13.8. The van der Waals surface area contributed by atoms with Gasteiger partial charge in [-0.2, -0.15) is 0 Å². The summed E-state index contributed by atoms with van der Waals surface area (Å²) in [6, 6.07) is 5.71. The van der Waals surface area contributed by atoms with Gasteiger partial charge in [-0.05, 0) is 19.4 Å². The third kappa shape index (κ3) is 3.53. The van der Waals surface area contributed by atoms with Crippen molar-refractivity contribution < 1.29 is 14.8 Å². The van der Waals surface area contributed by atoms with Gasteiger partial charge in [-0.3, -0.25) is 14.9 Å². The van der Waals surface area contributed by atoms with Gasteiger partial charge >= 0.3 is 0 Å². The number of nitro benzene ring substituents is 1. The van der Waals surface area contributed by atoms with Gasteiger partial charge in [0.05, 0.1) is 10.5 Å². The van der Waals surface area contributed by atoms with Crippen LogP contribution in [-0.4, -0.2) is 28.1 Å². The second kappa shape index (κ2) is 5.59. The number of nitrogens with zero attached hydrogens (tertiary/aromatic N) is 1. The van der Waals surface area contributed by atoms with Gasteiger partial charge in [0.25, 0.3) is 11.6 Å². The van der Waals surface area contributed by atoms with E-state index >= 15 is 0 Å². The lowest BCUT2D eigenvalue weighted by atomic mass is 10.0. The molecular formula is C12H16N2O4. The van der Waals surface area contributed by atoms with Crippen molar-refractivity contribution >= 4 is 11.6 Å². The Morgan fingerprint density at radius 3 is 2.67 bits per heavy atom. The van der Waals surface area contributed by atoms with Gasteiger partial charge < -0.3 is 10.4 Å². The summed E-state index contributed by atoms with van der Waals surface area (Å²) in [4.78, 5) is 22.0. The molecule has 0 saturated carbocycles. The number of nitro groups is 1. The summed E-state index contributed by atoms with van der Waals surface area (Å²) in [5, 5.41) is 23.0. The fourth-order valence-corrected chi connectivity index (χ4v) is 1.32. The van der Waals surface area contributed by atoms with Crippen LogP contribution < -0.4 is 5.32 Å². The lowest BCUT2D eigenvalue weighted by molar-refractivity contribution is -0.385. The van der Waals surface area contributed by atoms with E-state index in [0.29, 0.717) is 6.42 Å². The molecule has 2 N–H and O–H groups in total. The molecule has 1 rings (SSSR count). The number of amides is 1. The maximum absolute atomic E-state index is 11.8. The normalized spacial score (nSPS) is 13.7. The van der Waals surface area contributed by atoms with E-state index in [1.54, 1.807) is 19.9 Å². The van der Waals surface area contributed by atoms with E-state index in [1.807, 2.05) is 0 Å². The number of aliphatic hydroxyl groups is 1. The molecule has 1 amide bonds. The first kappa shape index (κ1) is 14.1. The van der Waals surface area contributed by atoms with Crippen LogP contribution in [0, 0.1) is 10.1 Å². The van der Waals surface area contributed by atoms with Gasteiger partial charge in [-0.25, -0.2) is 0 Å². The van der Waals surface area contributed by atoms with Gasteiger partial charge in [-0.1, -0.05) is 19.1 Å². The molecule has 0 aromatic heterocycles. The van der Waals surface area contributed by atoms with Crippen LogP contribution in [0.1, 0.15) is 30.6 Å². The zero-order valence-electron chi connectivity index (χ0n) is 10.3. The predicted molar refractivity (Wildman–Crippen MR) is 66.3 cm³/mol. The van der Waals surface area contributed by atoms with Crippen molar-refractivity contribution in [1.29, 1.82) is 0 Å². The fourth-order valence-electron chi connectivity index (χ4n) is 1.32. The van der Waals surface area contributed by atoms with E-state index in [2.05, 4.69) is 5.32 Å². The number of hydrogen-bond donors (Lipinski definition) is 2. The van der Waals surface area contributed by atoms with Crippen molar-refractivity contribution in [2.75, 3.05) is 6.54 Å².